The number of carbonyl (C=O) groups excluding carboxylic acids is 1. The normalized spacial score (nSPS) is 12.5. The predicted octanol–water partition coefficient (Wildman–Crippen LogP) is 3.97. The van der Waals surface area contributed by atoms with Crippen LogP contribution < -0.4 is 5.32 Å². The second-order valence-corrected chi connectivity index (χ2v) is 7.85. The molecule has 0 aliphatic carbocycles. The van der Waals surface area contributed by atoms with E-state index in [1.807, 2.05) is 37.0 Å². The van der Waals surface area contributed by atoms with Crippen LogP contribution in [0.5, 0.6) is 0 Å². The molecule has 0 unspecified atom stereocenters. The highest BCUT2D eigenvalue weighted by molar-refractivity contribution is 7.20. The minimum atomic E-state index is -0.119. The van der Waals surface area contributed by atoms with E-state index in [1.165, 1.54) is 16.9 Å². The SMILES string of the molecule is CN(C)[C@H](CNC(=O)c1csc(-c2cccs2)n1)c1ccsc1. The van der Waals surface area contributed by atoms with Crippen LogP contribution in [0.15, 0.2) is 39.7 Å². The van der Waals surface area contributed by atoms with Crippen molar-refractivity contribution in [2.24, 2.45) is 0 Å². The molecule has 0 spiro atoms. The molecule has 0 fully saturated rings. The van der Waals surface area contributed by atoms with Crippen LogP contribution in [0.2, 0.25) is 0 Å². The average molecular weight is 364 g/mol. The van der Waals surface area contributed by atoms with Crippen LogP contribution in [0.1, 0.15) is 22.1 Å². The fourth-order valence-corrected chi connectivity index (χ4v) is 4.56. The van der Waals surface area contributed by atoms with E-state index in [0.29, 0.717) is 12.2 Å². The van der Waals surface area contributed by atoms with E-state index in [2.05, 4.69) is 32.0 Å². The van der Waals surface area contributed by atoms with E-state index in [1.54, 1.807) is 22.7 Å². The van der Waals surface area contributed by atoms with E-state index in [-0.39, 0.29) is 11.9 Å². The molecular weight excluding hydrogens is 346 g/mol. The van der Waals surface area contributed by atoms with Crippen molar-refractivity contribution in [3.8, 4) is 9.88 Å². The van der Waals surface area contributed by atoms with Gasteiger partial charge in [-0.1, -0.05) is 6.07 Å². The Bertz CT molecular complexity index is 747. The number of aromatic nitrogens is 1. The van der Waals surface area contributed by atoms with Crippen LogP contribution >= 0.6 is 34.0 Å². The van der Waals surface area contributed by atoms with Crippen LogP contribution in [-0.2, 0) is 0 Å². The van der Waals surface area contributed by atoms with E-state index in [4.69, 9.17) is 0 Å². The molecule has 1 atom stereocenters. The summed E-state index contributed by atoms with van der Waals surface area (Å²) in [6.07, 6.45) is 0. The van der Waals surface area contributed by atoms with Crippen molar-refractivity contribution in [2.75, 3.05) is 20.6 Å². The molecule has 3 aromatic rings. The summed E-state index contributed by atoms with van der Waals surface area (Å²) in [4.78, 5) is 20.0. The fourth-order valence-electron chi connectivity index (χ4n) is 2.23. The van der Waals surface area contributed by atoms with Crippen molar-refractivity contribution in [1.82, 2.24) is 15.2 Å². The summed E-state index contributed by atoms with van der Waals surface area (Å²) in [5.41, 5.74) is 1.71. The number of hydrogen-bond acceptors (Lipinski definition) is 6. The van der Waals surface area contributed by atoms with Gasteiger partial charge in [0, 0.05) is 11.9 Å². The molecule has 3 heterocycles. The number of amides is 1. The molecule has 0 saturated carbocycles. The van der Waals surface area contributed by atoms with Gasteiger partial charge in [0.25, 0.3) is 5.91 Å². The Kier molecular flexibility index (Phi) is 5.22. The van der Waals surface area contributed by atoms with Gasteiger partial charge in [0.05, 0.1) is 10.9 Å². The molecule has 4 nitrogen and oxygen atoms in total. The maximum atomic E-state index is 12.3. The highest BCUT2D eigenvalue weighted by Crippen LogP contribution is 2.27. The lowest BCUT2D eigenvalue weighted by molar-refractivity contribution is 0.0937. The second-order valence-electron chi connectivity index (χ2n) is 5.26. The Morgan fingerprint density at radius 1 is 1.26 bits per heavy atom. The van der Waals surface area contributed by atoms with Gasteiger partial charge < -0.3 is 10.2 Å². The van der Waals surface area contributed by atoms with Crippen molar-refractivity contribution in [2.45, 2.75) is 6.04 Å². The monoisotopic (exact) mass is 363 g/mol. The molecule has 1 amide bonds. The first-order valence-electron chi connectivity index (χ1n) is 7.11. The number of nitrogens with zero attached hydrogens (tertiary/aromatic N) is 2. The van der Waals surface area contributed by atoms with E-state index >= 15 is 0 Å². The van der Waals surface area contributed by atoms with E-state index in [0.717, 1.165) is 9.88 Å². The van der Waals surface area contributed by atoms with Crippen molar-refractivity contribution in [1.29, 1.82) is 0 Å². The number of hydrogen-bond donors (Lipinski definition) is 1. The minimum absolute atomic E-state index is 0.119. The minimum Gasteiger partial charge on any atom is -0.349 e. The first-order valence-corrected chi connectivity index (χ1v) is 9.81. The van der Waals surface area contributed by atoms with Crippen LogP contribution in [0.4, 0.5) is 0 Å². The van der Waals surface area contributed by atoms with E-state index in [9.17, 15) is 4.79 Å². The third-order valence-electron chi connectivity index (χ3n) is 3.48. The zero-order chi connectivity index (χ0) is 16.2. The summed E-state index contributed by atoms with van der Waals surface area (Å²) in [6.45, 7) is 0.564. The molecule has 1 N–H and O–H groups in total. The Labute approximate surface area is 147 Å². The van der Waals surface area contributed by atoms with Crippen molar-refractivity contribution in [3.63, 3.8) is 0 Å². The molecule has 0 aliphatic rings. The number of likely N-dealkylation sites (N-methyl/N-ethyl adjacent to an activating group) is 1. The van der Waals surface area contributed by atoms with Gasteiger partial charge in [0.2, 0.25) is 0 Å². The molecule has 0 saturated heterocycles. The molecule has 7 heteroatoms. The second kappa shape index (κ2) is 7.35. The Morgan fingerprint density at radius 3 is 2.78 bits per heavy atom. The summed E-state index contributed by atoms with van der Waals surface area (Å²) in [6, 6.07) is 6.27. The molecular formula is C16H17N3OS3. The molecule has 3 rings (SSSR count). The Morgan fingerprint density at radius 2 is 2.13 bits per heavy atom. The molecule has 23 heavy (non-hydrogen) atoms. The van der Waals surface area contributed by atoms with Gasteiger partial charge in [-0.2, -0.15) is 11.3 Å². The van der Waals surface area contributed by atoms with Crippen LogP contribution in [0.3, 0.4) is 0 Å². The van der Waals surface area contributed by atoms with Gasteiger partial charge in [-0.25, -0.2) is 4.98 Å². The van der Waals surface area contributed by atoms with Crippen LogP contribution in [0.25, 0.3) is 9.88 Å². The van der Waals surface area contributed by atoms with Crippen molar-refractivity contribution in [3.05, 3.63) is 51.0 Å². The Balaban J connectivity index is 1.65. The molecule has 0 bridgehead atoms. The van der Waals surface area contributed by atoms with Gasteiger partial charge in [0.1, 0.15) is 10.7 Å². The third kappa shape index (κ3) is 3.87. The number of nitrogens with one attached hydrogen (secondary N) is 1. The van der Waals surface area contributed by atoms with E-state index < -0.39 is 0 Å². The average Bonchev–Trinajstić information content (AvgIpc) is 3.27. The standard InChI is InChI=1S/C16H17N3OS3/c1-19(2)13(11-5-7-21-9-11)8-17-15(20)12-10-23-16(18-12)14-4-3-6-22-14/h3-7,9-10,13H,8H2,1-2H3,(H,17,20)/t13-/m1/s1. The smallest absolute Gasteiger partial charge is 0.270 e. The molecule has 0 radical (unpaired) electrons. The first-order chi connectivity index (χ1) is 11.1. The number of carbonyl (C=O) groups is 1. The molecule has 3 aromatic heterocycles. The largest absolute Gasteiger partial charge is 0.349 e. The van der Waals surface area contributed by atoms with Gasteiger partial charge in [0.15, 0.2) is 0 Å². The summed E-state index contributed by atoms with van der Waals surface area (Å²) in [5, 5.41) is 11.9. The third-order valence-corrected chi connectivity index (χ3v) is 6.06. The van der Waals surface area contributed by atoms with Gasteiger partial charge >= 0.3 is 0 Å². The highest BCUT2D eigenvalue weighted by atomic mass is 32.1. The van der Waals surface area contributed by atoms with Crippen molar-refractivity contribution >= 4 is 39.9 Å². The number of thiophene rings is 2. The summed E-state index contributed by atoms with van der Waals surface area (Å²) in [5.74, 6) is -0.119. The zero-order valence-electron chi connectivity index (χ0n) is 12.9. The van der Waals surface area contributed by atoms with Gasteiger partial charge in [-0.05, 0) is 47.9 Å². The zero-order valence-corrected chi connectivity index (χ0v) is 15.3. The highest BCUT2D eigenvalue weighted by Gasteiger charge is 2.18. The maximum absolute atomic E-state index is 12.3. The first kappa shape index (κ1) is 16.3. The topological polar surface area (TPSA) is 45.2 Å². The van der Waals surface area contributed by atoms with Crippen molar-refractivity contribution < 1.29 is 4.79 Å². The lowest BCUT2D eigenvalue weighted by Gasteiger charge is -2.23. The predicted molar refractivity (Wildman–Crippen MR) is 98.5 cm³/mol. The number of thiazole rings is 1. The maximum Gasteiger partial charge on any atom is 0.270 e. The molecule has 120 valence electrons. The van der Waals surface area contributed by atoms with Gasteiger partial charge in [-0.15, -0.1) is 22.7 Å². The summed E-state index contributed by atoms with van der Waals surface area (Å²) < 4.78 is 0. The molecule has 0 aliphatic heterocycles. The fraction of sp³-hybridized carbons (Fsp3) is 0.250. The quantitative estimate of drug-likeness (QED) is 0.721. The Hall–Kier alpha value is -1.54. The molecule has 0 aromatic carbocycles. The number of rotatable bonds is 6. The van der Waals surface area contributed by atoms with Crippen LogP contribution in [-0.4, -0.2) is 36.4 Å². The summed E-state index contributed by atoms with van der Waals surface area (Å²) >= 11 is 4.80. The summed E-state index contributed by atoms with van der Waals surface area (Å²) in [7, 11) is 4.04. The van der Waals surface area contributed by atoms with Gasteiger partial charge in [-0.3, -0.25) is 4.79 Å². The lowest BCUT2D eigenvalue weighted by atomic mass is 10.1. The lowest BCUT2D eigenvalue weighted by Crippen LogP contribution is -2.34. The van der Waals surface area contributed by atoms with Crippen LogP contribution in [0, 0.1) is 0 Å².